The van der Waals surface area contributed by atoms with E-state index in [1.165, 1.54) is 14.0 Å². The molecule has 0 aromatic heterocycles. The van der Waals surface area contributed by atoms with Crippen LogP contribution in [0.5, 0.6) is 0 Å². The summed E-state index contributed by atoms with van der Waals surface area (Å²) >= 11 is 0. The lowest BCUT2D eigenvalue weighted by Gasteiger charge is -2.48. The highest BCUT2D eigenvalue weighted by Crippen LogP contribution is 2.48. The lowest BCUT2D eigenvalue weighted by atomic mass is 9.76. The fourth-order valence-electron chi connectivity index (χ4n) is 9.20. The molecule has 50 heavy (non-hydrogen) atoms. The molecule has 13 heteroatoms. The van der Waals surface area contributed by atoms with Crippen LogP contribution >= 0.6 is 0 Å². The molecule has 4 heterocycles. The summed E-state index contributed by atoms with van der Waals surface area (Å²) in [5.74, 6) is -2.67. The van der Waals surface area contributed by atoms with Crippen LogP contribution in [0, 0.1) is 23.7 Å². The summed E-state index contributed by atoms with van der Waals surface area (Å²) in [7, 11) is 5.37. The zero-order chi connectivity index (χ0) is 37.7. The Balaban J connectivity index is 1.82. The second-order valence-electron chi connectivity index (χ2n) is 16.8. The van der Waals surface area contributed by atoms with Crippen molar-refractivity contribution < 1.29 is 58.4 Å². The minimum atomic E-state index is -1.78. The molecular weight excluding hydrogens is 650 g/mol. The smallest absolute Gasteiger partial charge is 0.311 e. The third-order valence-corrected chi connectivity index (χ3v) is 12.4. The van der Waals surface area contributed by atoms with Crippen LogP contribution in [0.15, 0.2) is 0 Å². The Labute approximate surface area is 299 Å². The molecule has 19 atom stereocenters. The van der Waals surface area contributed by atoms with Crippen molar-refractivity contribution >= 4 is 5.97 Å². The van der Waals surface area contributed by atoms with Crippen molar-refractivity contribution in [3.63, 3.8) is 0 Å². The molecule has 8 unspecified atom stereocenters. The summed E-state index contributed by atoms with van der Waals surface area (Å²) in [6.45, 7) is 18.3. The Kier molecular flexibility index (Phi) is 13.2. The first kappa shape index (κ1) is 41.8. The highest BCUT2D eigenvalue weighted by atomic mass is 16.7. The molecule has 0 saturated carbocycles. The molecule has 2 bridgehead atoms. The van der Waals surface area contributed by atoms with Crippen molar-refractivity contribution in [2.75, 3.05) is 21.2 Å². The van der Waals surface area contributed by atoms with Gasteiger partial charge in [0.15, 0.2) is 12.6 Å². The lowest BCUT2D eigenvalue weighted by Crippen LogP contribution is -2.60. The number of carbonyl (C=O) groups is 1. The lowest BCUT2D eigenvalue weighted by molar-refractivity contribution is -0.318. The zero-order valence-electron chi connectivity index (χ0n) is 32.6. The topological polar surface area (TPSA) is 166 Å². The van der Waals surface area contributed by atoms with Gasteiger partial charge in [-0.1, -0.05) is 27.7 Å². The van der Waals surface area contributed by atoms with Gasteiger partial charge in [-0.15, -0.1) is 0 Å². The molecule has 4 N–H and O–H groups in total. The van der Waals surface area contributed by atoms with E-state index in [0.717, 1.165) is 0 Å². The number of rotatable bonds is 9. The van der Waals surface area contributed by atoms with E-state index in [0.29, 0.717) is 12.8 Å². The van der Waals surface area contributed by atoms with E-state index in [9.17, 15) is 25.2 Å². The Morgan fingerprint density at radius 2 is 1.66 bits per heavy atom. The molecule has 0 aromatic rings. The molecule has 0 aromatic carbocycles. The van der Waals surface area contributed by atoms with Crippen molar-refractivity contribution in [1.82, 2.24) is 4.90 Å². The average Bonchev–Trinajstić information content (AvgIpc) is 3.36. The van der Waals surface area contributed by atoms with Crippen molar-refractivity contribution in [2.45, 2.75) is 185 Å². The molecule has 4 aliphatic rings. The number of aliphatic hydroxyl groups is 4. The van der Waals surface area contributed by atoms with Crippen LogP contribution in [-0.2, 0) is 38.0 Å². The molecule has 4 rings (SSSR count). The number of esters is 1. The third-order valence-electron chi connectivity index (χ3n) is 12.4. The number of aliphatic hydroxyl groups excluding tert-OH is 3. The molecule has 292 valence electrons. The van der Waals surface area contributed by atoms with Crippen LogP contribution in [-0.4, -0.2) is 143 Å². The first-order chi connectivity index (χ1) is 23.1. The van der Waals surface area contributed by atoms with Crippen LogP contribution in [0.3, 0.4) is 0 Å². The van der Waals surface area contributed by atoms with Gasteiger partial charge < -0.3 is 58.5 Å². The Morgan fingerprint density at radius 1 is 1.02 bits per heavy atom. The van der Waals surface area contributed by atoms with Gasteiger partial charge in [0.25, 0.3) is 0 Å². The number of methoxy groups -OCH3 is 1. The first-order valence-electron chi connectivity index (χ1n) is 18.6. The van der Waals surface area contributed by atoms with E-state index in [4.69, 9.17) is 33.2 Å². The summed E-state index contributed by atoms with van der Waals surface area (Å²) in [6, 6.07) is -0.213. The van der Waals surface area contributed by atoms with Crippen LogP contribution in [0.1, 0.15) is 94.9 Å². The molecule has 4 fully saturated rings. The molecular formula is C37H67NO12. The van der Waals surface area contributed by atoms with E-state index < -0.39 is 102 Å². The van der Waals surface area contributed by atoms with E-state index in [2.05, 4.69) is 6.92 Å². The summed E-state index contributed by atoms with van der Waals surface area (Å²) in [6.07, 6.45) is -7.36. The minimum absolute atomic E-state index is 0.0580. The molecule has 0 aliphatic carbocycles. The van der Waals surface area contributed by atoms with Crippen molar-refractivity contribution in [3.05, 3.63) is 0 Å². The van der Waals surface area contributed by atoms with Crippen LogP contribution in [0.2, 0.25) is 0 Å². The average molecular weight is 718 g/mol. The van der Waals surface area contributed by atoms with Gasteiger partial charge in [0.1, 0.15) is 23.9 Å². The number of hydrogen-bond acceptors (Lipinski definition) is 13. The summed E-state index contributed by atoms with van der Waals surface area (Å²) in [5.41, 5.74) is -3.72. The number of ether oxygens (including phenoxy) is 7. The first-order valence-corrected chi connectivity index (χ1v) is 18.6. The number of hydrogen-bond donors (Lipinski definition) is 4. The van der Waals surface area contributed by atoms with Gasteiger partial charge in [-0.25, -0.2) is 0 Å². The van der Waals surface area contributed by atoms with Gasteiger partial charge in [0.2, 0.25) is 0 Å². The minimum Gasteiger partial charge on any atom is -0.459 e. The predicted octanol–water partition coefficient (Wildman–Crippen LogP) is 2.62. The number of carbonyl (C=O) groups excluding carboxylic acids is 1. The Hall–Kier alpha value is -0.970. The maximum absolute atomic E-state index is 14.3. The summed E-state index contributed by atoms with van der Waals surface area (Å²) in [4.78, 5) is 16.3. The quantitative estimate of drug-likeness (QED) is 0.258. The standard InChI is InChI=1S/C37H67NO12/c1-14-25(39)37(10,43)32-20(4)28-18(2)16-36(9,50-28)31(49-34-27(40)24(38(11)12)15-19(3)45-34)21(5)29(22(6)33(42)48-32)47-26-17-35(8,44-13)30(41)23(7)46-26/h18-32,34,39-41,43H,14-17H2,1-13H3/t18?,19?,20-,21-,22+,23?,24?,25+,26-,27?,28?,29-,30-,31?,32+,34-,35?,36+,37+/m0/s1. The maximum atomic E-state index is 14.3. The molecule has 13 nitrogen and oxygen atoms in total. The normalized spacial score (nSPS) is 49.6. The maximum Gasteiger partial charge on any atom is 0.311 e. The largest absolute Gasteiger partial charge is 0.459 e. The fraction of sp³-hybridized carbons (Fsp3) is 0.973. The summed E-state index contributed by atoms with van der Waals surface area (Å²) < 4.78 is 45.1. The summed E-state index contributed by atoms with van der Waals surface area (Å²) in [5, 5.41) is 45.2. The number of cyclic esters (lactones) is 1. The van der Waals surface area contributed by atoms with E-state index in [1.807, 2.05) is 46.7 Å². The van der Waals surface area contributed by atoms with Crippen LogP contribution in [0.4, 0.5) is 0 Å². The van der Waals surface area contributed by atoms with Gasteiger partial charge >= 0.3 is 5.97 Å². The van der Waals surface area contributed by atoms with Crippen LogP contribution < -0.4 is 0 Å². The van der Waals surface area contributed by atoms with Gasteiger partial charge in [-0.05, 0) is 80.8 Å². The van der Waals surface area contributed by atoms with E-state index in [-0.39, 0.29) is 30.9 Å². The van der Waals surface area contributed by atoms with Crippen molar-refractivity contribution in [3.8, 4) is 0 Å². The highest BCUT2D eigenvalue weighted by molar-refractivity contribution is 5.73. The van der Waals surface area contributed by atoms with Crippen molar-refractivity contribution in [2.24, 2.45) is 23.7 Å². The molecule has 0 amide bonds. The number of nitrogens with zero attached hydrogens (tertiary/aromatic N) is 1. The van der Waals surface area contributed by atoms with Gasteiger partial charge in [0, 0.05) is 31.4 Å². The van der Waals surface area contributed by atoms with Gasteiger partial charge in [-0.2, -0.15) is 0 Å². The second-order valence-corrected chi connectivity index (χ2v) is 16.8. The van der Waals surface area contributed by atoms with Crippen molar-refractivity contribution in [1.29, 1.82) is 0 Å². The highest BCUT2D eigenvalue weighted by Gasteiger charge is 2.59. The van der Waals surface area contributed by atoms with E-state index >= 15 is 0 Å². The fourth-order valence-corrected chi connectivity index (χ4v) is 9.20. The monoisotopic (exact) mass is 717 g/mol. The molecule has 4 saturated heterocycles. The Bertz CT molecular complexity index is 1140. The zero-order valence-corrected chi connectivity index (χ0v) is 32.6. The molecule has 4 aliphatic heterocycles. The van der Waals surface area contributed by atoms with Gasteiger partial charge in [0.05, 0.1) is 53.7 Å². The number of likely N-dealkylation sites (N-methyl/N-ethyl adjacent to an activating group) is 1. The van der Waals surface area contributed by atoms with E-state index in [1.54, 1.807) is 27.7 Å². The van der Waals surface area contributed by atoms with Crippen LogP contribution in [0.25, 0.3) is 0 Å². The molecule has 0 spiro atoms. The third kappa shape index (κ3) is 8.08. The second kappa shape index (κ2) is 15.8. The molecule has 0 radical (unpaired) electrons. The number of fused-ring (bicyclic) bond motifs is 2. The Morgan fingerprint density at radius 3 is 2.24 bits per heavy atom. The van der Waals surface area contributed by atoms with Gasteiger partial charge in [-0.3, -0.25) is 4.79 Å². The SMILES string of the molecule is CC[C@@H](O)[C@@](C)(O)[C@@H]1OC(=O)[C@H](C)[C@@H](O[C@H]2CC(C)(OC)[C@@H](O)C(C)O2)[C@H](C)C(O[C@@H]2OC(C)CC(N(C)C)C2O)[C@@]2(C)CC(C)C(O2)[C@@H]1C. The predicted molar refractivity (Wildman–Crippen MR) is 184 cm³/mol.